The molecule has 0 amide bonds. The molecule has 1 fully saturated rings. The molecule has 1 saturated heterocycles. The van der Waals surface area contributed by atoms with Gasteiger partial charge in [-0.25, -0.2) is 12.7 Å². The van der Waals surface area contributed by atoms with E-state index in [1.54, 1.807) is 25.4 Å². The lowest BCUT2D eigenvalue weighted by molar-refractivity contribution is 0.288. The molecule has 1 aliphatic rings. The number of ether oxygens (including phenoxy) is 2. The van der Waals surface area contributed by atoms with Crippen molar-refractivity contribution in [3.63, 3.8) is 0 Å². The molecule has 0 atom stereocenters. The maximum atomic E-state index is 11.9. The van der Waals surface area contributed by atoms with E-state index in [4.69, 9.17) is 9.47 Å². The fraction of sp³-hybridized carbons (Fsp3) is 0.625. The van der Waals surface area contributed by atoms with Crippen LogP contribution in [0.2, 0.25) is 0 Å². The average Bonchev–Trinajstić information content (AvgIpc) is 2.60. The molecule has 0 spiro atoms. The number of nitrogens with zero attached hydrogens (tertiary/aromatic N) is 1. The summed E-state index contributed by atoms with van der Waals surface area (Å²) in [6, 6.07) is 6.20. The molecule has 130 valence electrons. The first-order valence-corrected chi connectivity index (χ1v) is 9.53. The summed E-state index contributed by atoms with van der Waals surface area (Å²) in [6.07, 6.45) is 1.68. The van der Waals surface area contributed by atoms with Crippen LogP contribution in [0.15, 0.2) is 18.2 Å². The molecule has 0 aromatic heterocycles. The largest absolute Gasteiger partial charge is 0.493 e. The summed E-state index contributed by atoms with van der Waals surface area (Å²) in [6.45, 7) is 3.61. The molecule has 1 aromatic rings. The van der Waals surface area contributed by atoms with Crippen LogP contribution in [-0.4, -0.2) is 51.8 Å². The monoisotopic (exact) mass is 342 g/mol. The Balaban J connectivity index is 1.86. The van der Waals surface area contributed by atoms with Crippen LogP contribution in [0.1, 0.15) is 25.3 Å². The summed E-state index contributed by atoms with van der Waals surface area (Å²) in [4.78, 5) is 0. The van der Waals surface area contributed by atoms with Crippen LogP contribution in [-0.2, 0) is 16.6 Å². The Labute approximate surface area is 138 Å². The molecule has 1 aromatic carbocycles. The van der Waals surface area contributed by atoms with Crippen molar-refractivity contribution in [3.05, 3.63) is 23.8 Å². The van der Waals surface area contributed by atoms with E-state index in [9.17, 15) is 8.42 Å². The molecule has 7 heteroatoms. The summed E-state index contributed by atoms with van der Waals surface area (Å²) in [7, 11) is 0.190. The van der Waals surface area contributed by atoms with E-state index >= 15 is 0 Å². The second-order valence-electron chi connectivity index (χ2n) is 5.64. The number of nitrogens with one attached hydrogen (secondary N) is 1. The van der Waals surface area contributed by atoms with Crippen LogP contribution < -0.4 is 14.8 Å². The number of sulfonamides is 1. The summed E-state index contributed by atoms with van der Waals surface area (Å²) in [5, 5.41) is 3.50. The van der Waals surface area contributed by atoms with Crippen molar-refractivity contribution in [2.45, 2.75) is 32.4 Å². The van der Waals surface area contributed by atoms with Gasteiger partial charge in [-0.1, -0.05) is 6.07 Å². The van der Waals surface area contributed by atoms with Gasteiger partial charge in [0, 0.05) is 25.7 Å². The summed E-state index contributed by atoms with van der Waals surface area (Å²) in [5.74, 6) is 1.61. The minimum atomic E-state index is -3.05. The summed E-state index contributed by atoms with van der Waals surface area (Å²) < 4.78 is 35.8. The molecule has 1 N–H and O–H groups in total. The fourth-order valence-electron chi connectivity index (χ4n) is 2.77. The molecule has 1 heterocycles. The molecule has 0 saturated carbocycles. The highest BCUT2D eigenvalue weighted by Crippen LogP contribution is 2.27. The number of methoxy groups -OCH3 is 2. The first kappa shape index (κ1) is 18.0. The normalized spacial score (nSPS) is 17.2. The number of rotatable bonds is 7. The molecule has 1 aliphatic heterocycles. The SMILES string of the molecule is CCS(=O)(=O)N1CCC(NCc2ccc(OC)c(OC)c2)CC1. The van der Waals surface area contributed by atoms with Gasteiger partial charge >= 0.3 is 0 Å². The Bertz CT molecular complexity index is 611. The molecule has 2 rings (SSSR count). The van der Waals surface area contributed by atoms with Crippen LogP contribution in [0.3, 0.4) is 0 Å². The smallest absolute Gasteiger partial charge is 0.213 e. The third kappa shape index (κ3) is 4.59. The van der Waals surface area contributed by atoms with Crippen molar-refractivity contribution in [1.82, 2.24) is 9.62 Å². The molecular formula is C16H26N2O4S. The van der Waals surface area contributed by atoms with E-state index in [1.807, 2.05) is 18.2 Å². The molecule has 0 radical (unpaired) electrons. The topological polar surface area (TPSA) is 67.9 Å². The minimum absolute atomic E-state index is 0.177. The van der Waals surface area contributed by atoms with E-state index in [-0.39, 0.29) is 5.75 Å². The standard InChI is InChI=1S/C16H26N2O4S/c1-4-23(19,20)18-9-7-14(8-10-18)17-12-13-5-6-15(21-2)16(11-13)22-3/h5-6,11,14,17H,4,7-10,12H2,1-3H3. The average molecular weight is 342 g/mol. The van der Waals surface area contributed by atoms with Crippen LogP contribution >= 0.6 is 0 Å². The highest BCUT2D eigenvalue weighted by molar-refractivity contribution is 7.89. The van der Waals surface area contributed by atoms with Crippen molar-refractivity contribution >= 4 is 10.0 Å². The van der Waals surface area contributed by atoms with Crippen molar-refractivity contribution < 1.29 is 17.9 Å². The molecule has 0 unspecified atom stereocenters. The maximum absolute atomic E-state index is 11.9. The van der Waals surface area contributed by atoms with Crippen LogP contribution in [0.4, 0.5) is 0 Å². The van der Waals surface area contributed by atoms with Gasteiger partial charge in [0.05, 0.1) is 20.0 Å². The van der Waals surface area contributed by atoms with Crippen LogP contribution in [0, 0.1) is 0 Å². The predicted octanol–water partition coefficient (Wildman–Crippen LogP) is 1.61. The van der Waals surface area contributed by atoms with Gasteiger partial charge in [-0.05, 0) is 37.5 Å². The third-order valence-electron chi connectivity index (χ3n) is 4.25. The first-order valence-electron chi connectivity index (χ1n) is 7.92. The van der Waals surface area contributed by atoms with Gasteiger partial charge in [0.25, 0.3) is 0 Å². The van der Waals surface area contributed by atoms with Crippen LogP contribution in [0.5, 0.6) is 11.5 Å². The van der Waals surface area contributed by atoms with Gasteiger partial charge in [0.15, 0.2) is 11.5 Å². The van der Waals surface area contributed by atoms with E-state index in [0.29, 0.717) is 24.9 Å². The molecular weight excluding hydrogens is 316 g/mol. The fourth-order valence-corrected chi connectivity index (χ4v) is 3.91. The Morgan fingerprint density at radius 2 is 1.83 bits per heavy atom. The lowest BCUT2D eigenvalue weighted by Gasteiger charge is -2.31. The Hall–Kier alpha value is -1.31. The lowest BCUT2D eigenvalue weighted by Crippen LogP contribution is -2.45. The minimum Gasteiger partial charge on any atom is -0.493 e. The quantitative estimate of drug-likeness (QED) is 0.815. The molecule has 23 heavy (non-hydrogen) atoms. The third-order valence-corrected chi connectivity index (χ3v) is 6.14. The second-order valence-corrected chi connectivity index (χ2v) is 7.90. The number of hydrogen-bond acceptors (Lipinski definition) is 5. The number of benzene rings is 1. The summed E-state index contributed by atoms with van der Waals surface area (Å²) in [5.41, 5.74) is 1.12. The van der Waals surface area contributed by atoms with E-state index in [1.165, 1.54) is 0 Å². The van der Waals surface area contributed by atoms with Crippen molar-refractivity contribution in [2.24, 2.45) is 0 Å². The summed E-state index contributed by atoms with van der Waals surface area (Å²) >= 11 is 0. The van der Waals surface area contributed by atoms with Gasteiger partial charge < -0.3 is 14.8 Å². The predicted molar refractivity (Wildman–Crippen MR) is 90.4 cm³/mol. The number of piperidine rings is 1. The van der Waals surface area contributed by atoms with Crippen molar-refractivity contribution in [2.75, 3.05) is 33.1 Å². The van der Waals surface area contributed by atoms with Gasteiger partial charge in [-0.3, -0.25) is 0 Å². The highest BCUT2D eigenvalue weighted by Gasteiger charge is 2.26. The Morgan fingerprint density at radius 3 is 2.39 bits per heavy atom. The maximum Gasteiger partial charge on any atom is 0.213 e. The first-order chi connectivity index (χ1) is 11.0. The van der Waals surface area contributed by atoms with Crippen LogP contribution in [0.25, 0.3) is 0 Å². The lowest BCUT2D eigenvalue weighted by atomic mass is 10.1. The van der Waals surface area contributed by atoms with Gasteiger partial charge in [-0.2, -0.15) is 0 Å². The van der Waals surface area contributed by atoms with Gasteiger partial charge in [0.2, 0.25) is 10.0 Å². The highest BCUT2D eigenvalue weighted by atomic mass is 32.2. The van der Waals surface area contributed by atoms with Gasteiger partial charge in [-0.15, -0.1) is 0 Å². The van der Waals surface area contributed by atoms with E-state index in [0.717, 1.165) is 30.7 Å². The molecule has 6 nitrogen and oxygen atoms in total. The zero-order valence-electron chi connectivity index (χ0n) is 14.0. The van der Waals surface area contributed by atoms with E-state index in [2.05, 4.69) is 5.32 Å². The Morgan fingerprint density at radius 1 is 1.17 bits per heavy atom. The van der Waals surface area contributed by atoms with Gasteiger partial charge in [0.1, 0.15) is 0 Å². The molecule has 0 aliphatic carbocycles. The molecule has 0 bridgehead atoms. The number of hydrogen-bond donors (Lipinski definition) is 1. The zero-order valence-corrected chi connectivity index (χ0v) is 14.9. The zero-order chi connectivity index (χ0) is 16.9. The van der Waals surface area contributed by atoms with Crippen molar-refractivity contribution in [3.8, 4) is 11.5 Å². The van der Waals surface area contributed by atoms with E-state index < -0.39 is 10.0 Å². The second kappa shape index (κ2) is 7.99. The Kier molecular flexibility index (Phi) is 6.26. The van der Waals surface area contributed by atoms with Crippen molar-refractivity contribution in [1.29, 1.82) is 0 Å².